The SMILES string of the molecule is N#CC1(NC2CCCC2)CCC2(CC1)OCCO2. The number of nitriles is 1. The minimum atomic E-state index is -0.363. The third kappa shape index (κ3) is 2.27. The van der Waals surface area contributed by atoms with Crippen LogP contribution in [0.5, 0.6) is 0 Å². The van der Waals surface area contributed by atoms with Crippen LogP contribution in [0.4, 0.5) is 0 Å². The Morgan fingerprint density at radius 3 is 2.17 bits per heavy atom. The quantitative estimate of drug-likeness (QED) is 0.815. The minimum absolute atomic E-state index is 0.338. The van der Waals surface area contributed by atoms with Gasteiger partial charge in [0.15, 0.2) is 5.79 Å². The van der Waals surface area contributed by atoms with Crippen molar-refractivity contribution in [3.05, 3.63) is 0 Å². The van der Waals surface area contributed by atoms with E-state index in [9.17, 15) is 5.26 Å². The van der Waals surface area contributed by atoms with E-state index in [4.69, 9.17) is 9.47 Å². The van der Waals surface area contributed by atoms with E-state index in [-0.39, 0.29) is 11.3 Å². The molecule has 0 unspecified atom stereocenters. The van der Waals surface area contributed by atoms with Crippen LogP contribution < -0.4 is 5.32 Å². The number of hydrogen-bond donors (Lipinski definition) is 1. The van der Waals surface area contributed by atoms with E-state index < -0.39 is 0 Å². The zero-order chi connectivity index (χ0) is 12.5. The Bertz CT molecular complexity index is 328. The lowest BCUT2D eigenvalue weighted by Gasteiger charge is -2.41. The number of nitrogens with one attached hydrogen (secondary N) is 1. The van der Waals surface area contributed by atoms with Crippen molar-refractivity contribution < 1.29 is 9.47 Å². The highest BCUT2D eigenvalue weighted by molar-refractivity contribution is 5.12. The second kappa shape index (κ2) is 4.80. The van der Waals surface area contributed by atoms with Crippen LogP contribution >= 0.6 is 0 Å². The molecule has 3 aliphatic rings. The molecule has 0 aromatic heterocycles. The fourth-order valence-corrected chi connectivity index (χ4v) is 3.59. The molecule has 1 aliphatic heterocycles. The molecule has 2 saturated carbocycles. The van der Waals surface area contributed by atoms with E-state index in [0.717, 1.165) is 25.7 Å². The van der Waals surface area contributed by atoms with Crippen LogP contribution in [0.1, 0.15) is 51.4 Å². The molecule has 0 amide bonds. The molecule has 2 aliphatic carbocycles. The van der Waals surface area contributed by atoms with Gasteiger partial charge < -0.3 is 9.47 Å². The molecule has 0 bridgehead atoms. The van der Waals surface area contributed by atoms with Crippen molar-refractivity contribution in [2.45, 2.75) is 68.7 Å². The molecule has 3 rings (SSSR count). The molecule has 100 valence electrons. The molecule has 4 nitrogen and oxygen atoms in total. The molecule has 3 fully saturated rings. The van der Waals surface area contributed by atoms with Crippen molar-refractivity contribution in [1.82, 2.24) is 5.32 Å². The van der Waals surface area contributed by atoms with Gasteiger partial charge in [-0.05, 0) is 25.7 Å². The van der Waals surface area contributed by atoms with Gasteiger partial charge >= 0.3 is 0 Å². The van der Waals surface area contributed by atoms with E-state index in [1.165, 1.54) is 25.7 Å². The van der Waals surface area contributed by atoms with Gasteiger partial charge in [0, 0.05) is 18.9 Å². The van der Waals surface area contributed by atoms with Gasteiger partial charge in [-0.15, -0.1) is 0 Å². The first-order valence-corrected chi connectivity index (χ1v) is 7.23. The van der Waals surface area contributed by atoms with Gasteiger partial charge in [-0.3, -0.25) is 5.32 Å². The monoisotopic (exact) mass is 250 g/mol. The summed E-state index contributed by atoms with van der Waals surface area (Å²) < 4.78 is 11.5. The van der Waals surface area contributed by atoms with Crippen LogP contribution in [0, 0.1) is 11.3 Å². The molecule has 4 heteroatoms. The lowest BCUT2D eigenvalue weighted by molar-refractivity contribution is -0.183. The lowest BCUT2D eigenvalue weighted by Crippen LogP contribution is -2.54. The summed E-state index contributed by atoms with van der Waals surface area (Å²) in [6.07, 6.45) is 8.44. The van der Waals surface area contributed by atoms with Gasteiger partial charge in [-0.25, -0.2) is 0 Å². The van der Waals surface area contributed by atoms with Gasteiger partial charge in [0.1, 0.15) is 5.54 Å². The predicted octanol–water partition coefficient (Wildman–Crippen LogP) is 2.10. The van der Waals surface area contributed by atoms with Gasteiger partial charge in [0.25, 0.3) is 0 Å². The van der Waals surface area contributed by atoms with Crippen LogP contribution in [0.3, 0.4) is 0 Å². The second-order valence-electron chi connectivity index (χ2n) is 5.93. The predicted molar refractivity (Wildman–Crippen MR) is 66.8 cm³/mol. The van der Waals surface area contributed by atoms with E-state index in [1.807, 2.05) is 0 Å². The van der Waals surface area contributed by atoms with Gasteiger partial charge in [-0.2, -0.15) is 5.26 Å². The molecule has 1 N–H and O–H groups in total. The second-order valence-corrected chi connectivity index (χ2v) is 5.93. The Morgan fingerprint density at radius 2 is 1.61 bits per heavy atom. The molecule has 0 aromatic carbocycles. The summed E-state index contributed by atoms with van der Waals surface area (Å²) in [4.78, 5) is 0. The van der Waals surface area contributed by atoms with Gasteiger partial charge in [0.05, 0.1) is 19.3 Å². The van der Waals surface area contributed by atoms with Crippen molar-refractivity contribution in [3.8, 4) is 6.07 Å². The summed E-state index contributed by atoms with van der Waals surface area (Å²) in [6.45, 7) is 1.41. The summed E-state index contributed by atoms with van der Waals surface area (Å²) in [5, 5.41) is 13.2. The molecule has 18 heavy (non-hydrogen) atoms. The highest BCUT2D eigenvalue weighted by atomic mass is 16.7. The highest BCUT2D eigenvalue weighted by Gasteiger charge is 2.47. The van der Waals surface area contributed by atoms with Crippen LogP contribution in [0.2, 0.25) is 0 Å². The number of ether oxygens (including phenoxy) is 2. The van der Waals surface area contributed by atoms with Crippen molar-refractivity contribution in [2.75, 3.05) is 13.2 Å². The molecule has 1 saturated heterocycles. The smallest absolute Gasteiger partial charge is 0.168 e. The molecule has 0 aromatic rings. The summed E-state index contributed by atoms with van der Waals surface area (Å²) in [5.41, 5.74) is -0.338. The Balaban J connectivity index is 1.62. The third-order valence-electron chi connectivity index (χ3n) is 4.73. The van der Waals surface area contributed by atoms with Crippen LogP contribution in [0.15, 0.2) is 0 Å². The Kier molecular flexibility index (Phi) is 3.31. The number of rotatable bonds is 2. The van der Waals surface area contributed by atoms with Crippen LogP contribution in [0.25, 0.3) is 0 Å². The summed E-state index contributed by atoms with van der Waals surface area (Å²) in [6, 6.07) is 3.07. The average Bonchev–Trinajstić information content (AvgIpc) is 3.05. The number of hydrogen-bond acceptors (Lipinski definition) is 4. The summed E-state index contributed by atoms with van der Waals surface area (Å²) >= 11 is 0. The fraction of sp³-hybridized carbons (Fsp3) is 0.929. The van der Waals surface area contributed by atoms with E-state index in [0.29, 0.717) is 19.3 Å². The summed E-state index contributed by atoms with van der Waals surface area (Å²) in [7, 11) is 0. The van der Waals surface area contributed by atoms with Crippen molar-refractivity contribution in [1.29, 1.82) is 5.26 Å². The van der Waals surface area contributed by atoms with Crippen LogP contribution in [-0.4, -0.2) is 30.6 Å². The minimum Gasteiger partial charge on any atom is -0.348 e. The first-order chi connectivity index (χ1) is 8.76. The topological polar surface area (TPSA) is 54.3 Å². The first kappa shape index (κ1) is 12.4. The first-order valence-electron chi connectivity index (χ1n) is 7.23. The molecular formula is C14H22N2O2. The fourth-order valence-electron chi connectivity index (χ4n) is 3.59. The van der Waals surface area contributed by atoms with Crippen molar-refractivity contribution >= 4 is 0 Å². The normalized spacial score (nSPS) is 30.6. The largest absolute Gasteiger partial charge is 0.348 e. The standard InChI is InChI=1S/C14H22N2O2/c15-11-13(16-12-3-1-2-4-12)5-7-14(8-6-13)17-9-10-18-14/h12,16H,1-10H2. The maximum Gasteiger partial charge on any atom is 0.168 e. The molecule has 0 atom stereocenters. The van der Waals surface area contributed by atoms with E-state index in [2.05, 4.69) is 11.4 Å². The van der Waals surface area contributed by atoms with Gasteiger partial charge in [-0.1, -0.05) is 12.8 Å². The van der Waals surface area contributed by atoms with Gasteiger partial charge in [0.2, 0.25) is 0 Å². The van der Waals surface area contributed by atoms with E-state index in [1.54, 1.807) is 0 Å². The van der Waals surface area contributed by atoms with E-state index >= 15 is 0 Å². The Hall–Kier alpha value is -0.630. The van der Waals surface area contributed by atoms with Crippen LogP contribution in [-0.2, 0) is 9.47 Å². The number of nitrogens with zero attached hydrogens (tertiary/aromatic N) is 1. The molecular weight excluding hydrogens is 228 g/mol. The Labute approximate surface area is 109 Å². The molecule has 0 radical (unpaired) electrons. The highest BCUT2D eigenvalue weighted by Crippen LogP contribution is 2.40. The zero-order valence-electron chi connectivity index (χ0n) is 10.9. The maximum absolute atomic E-state index is 9.54. The summed E-state index contributed by atoms with van der Waals surface area (Å²) in [5.74, 6) is -0.363. The maximum atomic E-state index is 9.54. The van der Waals surface area contributed by atoms with Crippen molar-refractivity contribution in [3.63, 3.8) is 0 Å². The molecule has 1 heterocycles. The zero-order valence-corrected chi connectivity index (χ0v) is 10.9. The average molecular weight is 250 g/mol. The molecule has 1 spiro atoms. The van der Waals surface area contributed by atoms with Crippen molar-refractivity contribution in [2.24, 2.45) is 0 Å². The Morgan fingerprint density at radius 1 is 1.00 bits per heavy atom. The lowest BCUT2D eigenvalue weighted by atomic mass is 9.79. The third-order valence-corrected chi connectivity index (χ3v) is 4.73.